The van der Waals surface area contributed by atoms with Crippen molar-refractivity contribution in [3.8, 4) is 11.5 Å². The molecule has 138 valence electrons. The molecule has 2 aromatic carbocycles. The number of amides is 1. The Balaban J connectivity index is 2.13. The second-order valence-electron chi connectivity index (χ2n) is 5.64. The average Bonchev–Trinajstić information content (AvgIpc) is 2.63. The third-order valence-corrected chi connectivity index (χ3v) is 4.28. The van der Waals surface area contributed by atoms with Gasteiger partial charge in [-0.25, -0.2) is 0 Å². The van der Waals surface area contributed by atoms with Gasteiger partial charge in [0.1, 0.15) is 11.5 Å². The molecule has 0 atom stereocenters. The highest BCUT2D eigenvalue weighted by atomic mass is 35.5. The highest BCUT2D eigenvalue weighted by Gasteiger charge is 2.17. The van der Waals surface area contributed by atoms with Crippen LogP contribution >= 0.6 is 11.6 Å². The zero-order valence-corrected chi connectivity index (χ0v) is 15.4. The fourth-order valence-corrected chi connectivity index (χ4v) is 2.61. The number of ether oxygens (including phenoxy) is 2. The quantitative estimate of drug-likeness (QED) is 0.544. The summed E-state index contributed by atoms with van der Waals surface area (Å²) >= 11 is 6.10. The lowest BCUT2D eigenvalue weighted by Gasteiger charge is -2.19. The Morgan fingerprint density at radius 1 is 1.15 bits per heavy atom. The van der Waals surface area contributed by atoms with Crippen LogP contribution in [0.1, 0.15) is 11.1 Å². The Hall–Kier alpha value is -2.80. The SMILES string of the molecule is COc1ccc(CC(=O)N(C)Cc2cc([N+](=O)[O-])ccc2Cl)c(OC)c1. The number of benzene rings is 2. The molecule has 2 aromatic rings. The van der Waals surface area contributed by atoms with E-state index >= 15 is 0 Å². The standard InChI is InChI=1S/C18H19ClN2O5/c1-20(11-13-8-14(21(23)24)5-7-16(13)19)18(22)9-12-4-6-15(25-2)10-17(12)26-3/h4-8,10H,9,11H2,1-3H3. The molecule has 0 heterocycles. The summed E-state index contributed by atoms with van der Waals surface area (Å²) in [7, 11) is 4.69. The highest BCUT2D eigenvalue weighted by Crippen LogP contribution is 2.26. The fourth-order valence-electron chi connectivity index (χ4n) is 2.44. The summed E-state index contributed by atoms with van der Waals surface area (Å²) in [5, 5.41) is 11.3. The number of hydrogen-bond donors (Lipinski definition) is 0. The summed E-state index contributed by atoms with van der Waals surface area (Å²) in [6, 6.07) is 9.39. The summed E-state index contributed by atoms with van der Waals surface area (Å²) < 4.78 is 10.4. The van der Waals surface area contributed by atoms with E-state index in [0.29, 0.717) is 22.1 Å². The topological polar surface area (TPSA) is 81.9 Å². The van der Waals surface area contributed by atoms with Gasteiger partial charge in [0.2, 0.25) is 5.91 Å². The van der Waals surface area contributed by atoms with Crippen LogP contribution in [0.15, 0.2) is 36.4 Å². The first kappa shape index (κ1) is 19.5. The molecule has 7 nitrogen and oxygen atoms in total. The lowest BCUT2D eigenvalue weighted by atomic mass is 10.1. The summed E-state index contributed by atoms with van der Waals surface area (Å²) in [6.45, 7) is 0.165. The predicted octanol–water partition coefficient (Wildman–Crippen LogP) is 3.47. The largest absolute Gasteiger partial charge is 0.497 e. The van der Waals surface area contributed by atoms with E-state index in [1.807, 2.05) is 0 Å². The normalized spacial score (nSPS) is 10.3. The van der Waals surface area contributed by atoms with E-state index in [0.717, 1.165) is 5.56 Å². The Morgan fingerprint density at radius 2 is 1.88 bits per heavy atom. The van der Waals surface area contributed by atoms with E-state index < -0.39 is 4.92 Å². The first-order chi connectivity index (χ1) is 12.3. The zero-order valence-electron chi connectivity index (χ0n) is 14.7. The number of nitrogens with zero attached hydrogens (tertiary/aromatic N) is 2. The van der Waals surface area contributed by atoms with Gasteiger partial charge in [-0.2, -0.15) is 0 Å². The number of halogens is 1. The predicted molar refractivity (Wildman–Crippen MR) is 97.8 cm³/mol. The Kier molecular flexibility index (Phi) is 6.41. The second-order valence-corrected chi connectivity index (χ2v) is 6.04. The lowest BCUT2D eigenvalue weighted by molar-refractivity contribution is -0.384. The molecule has 0 aromatic heterocycles. The smallest absolute Gasteiger partial charge is 0.269 e. The molecule has 0 N–H and O–H groups in total. The van der Waals surface area contributed by atoms with Crippen molar-refractivity contribution in [2.24, 2.45) is 0 Å². The van der Waals surface area contributed by atoms with Crippen molar-refractivity contribution in [2.75, 3.05) is 21.3 Å². The molecule has 8 heteroatoms. The summed E-state index contributed by atoms with van der Waals surface area (Å²) in [5.41, 5.74) is 1.16. The van der Waals surface area contributed by atoms with Crippen LogP contribution in [0.5, 0.6) is 11.5 Å². The number of carbonyl (C=O) groups is 1. The minimum absolute atomic E-state index is 0.0675. The molecule has 0 fully saturated rings. The van der Waals surface area contributed by atoms with Gasteiger partial charge in [0, 0.05) is 42.4 Å². The maximum atomic E-state index is 12.5. The Morgan fingerprint density at radius 3 is 2.50 bits per heavy atom. The van der Waals surface area contributed by atoms with Crippen LogP contribution < -0.4 is 9.47 Å². The van der Waals surface area contributed by atoms with Crippen molar-refractivity contribution in [3.63, 3.8) is 0 Å². The van der Waals surface area contributed by atoms with Gasteiger partial charge in [-0.15, -0.1) is 0 Å². The van der Waals surface area contributed by atoms with Crippen molar-refractivity contribution in [1.82, 2.24) is 4.90 Å². The number of methoxy groups -OCH3 is 2. The van der Waals surface area contributed by atoms with E-state index in [-0.39, 0.29) is 24.6 Å². The molecule has 1 amide bonds. The van der Waals surface area contributed by atoms with Gasteiger partial charge >= 0.3 is 0 Å². The maximum Gasteiger partial charge on any atom is 0.269 e. The number of likely N-dealkylation sites (N-methyl/N-ethyl adjacent to an activating group) is 1. The molecule has 2 rings (SSSR count). The summed E-state index contributed by atoms with van der Waals surface area (Å²) in [6.07, 6.45) is 0.121. The monoisotopic (exact) mass is 378 g/mol. The van der Waals surface area contributed by atoms with Crippen molar-refractivity contribution < 1.29 is 19.2 Å². The van der Waals surface area contributed by atoms with Crippen LogP contribution in [0, 0.1) is 10.1 Å². The Bertz CT molecular complexity index is 825. The van der Waals surface area contributed by atoms with Crippen LogP contribution in [-0.4, -0.2) is 37.0 Å². The number of rotatable bonds is 7. The van der Waals surface area contributed by atoms with Gasteiger partial charge in [0.05, 0.1) is 25.6 Å². The van der Waals surface area contributed by atoms with Crippen molar-refractivity contribution in [3.05, 3.63) is 62.7 Å². The molecule has 0 saturated heterocycles. The van der Waals surface area contributed by atoms with Crippen LogP contribution in [0.3, 0.4) is 0 Å². The number of non-ortho nitro benzene ring substituents is 1. The van der Waals surface area contributed by atoms with Crippen molar-refractivity contribution in [1.29, 1.82) is 0 Å². The van der Waals surface area contributed by atoms with Crippen molar-refractivity contribution >= 4 is 23.2 Å². The van der Waals surface area contributed by atoms with Gasteiger partial charge < -0.3 is 14.4 Å². The molecule has 0 aliphatic heterocycles. The number of nitro benzene ring substituents is 1. The van der Waals surface area contributed by atoms with Crippen LogP contribution in [0.4, 0.5) is 5.69 Å². The summed E-state index contributed by atoms with van der Waals surface area (Å²) in [4.78, 5) is 24.4. The number of hydrogen-bond acceptors (Lipinski definition) is 5. The first-order valence-corrected chi connectivity index (χ1v) is 8.11. The molecule has 0 radical (unpaired) electrons. The maximum absolute atomic E-state index is 12.5. The average molecular weight is 379 g/mol. The molecule has 26 heavy (non-hydrogen) atoms. The minimum atomic E-state index is -0.496. The van der Waals surface area contributed by atoms with Gasteiger partial charge in [-0.1, -0.05) is 17.7 Å². The molecule has 0 unspecified atom stereocenters. The molecular formula is C18H19ClN2O5. The van der Waals surface area contributed by atoms with E-state index in [1.54, 1.807) is 32.4 Å². The second kappa shape index (κ2) is 8.53. The molecule has 0 spiro atoms. The zero-order chi connectivity index (χ0) is 19.3. The fraction of sp³-hybridized carbons (Fsp3) is 0.278. The van der Waals surface area contributed by atoms with Crippen LogP contribution in [0.25, 0.3) is 0 Å². The third kappa shape index (κ3) is 4.64. The van der Waals surface area contributed by atoms with E-state index in [9.17, 15) is 14.9 Å². The van der Waals surface area contributed by atoms with E-state index in [2.05, 4.69) is 0 Å². The van der Waals surface area contributed by atoms with Crippen LogP contribution in [-0.2, 0) is 17.8 Å². The minimum Gasteiger partial charge on any atom is -0.497 e. The van der Waals surface area contributed by atoms with E-state index in [1.165, 1.54) is 30.2 Å². The molecular weight excluding hydrogens is 360 g/mol. The molecule has 0 bridgehead atoms. The molecule has 0 aliphatic rings. The number of carbonyl (C=O) groups excluding carboxylic acids is 1. The number of nitro groups is 1. The third-order valence-electron chi connectivity index (χ3n) is 3.91. The van der Waals surface area contributed by atoms with Gasteiger partial charge in [-0.3, -0.25) is 14.9 Å². The van der Waals surface area contributed by atoms with Crippen molar-refractivity contribution in [2.45, 2.75) is 13.0 Å². The van der Waals surface area contributed by atoms with Gasteiger partial charge in [0.15, 0.2) is 0 Å². The lowest BCUT2D eigenvalue weighted by Crippen LogP contribution is -2.28. The van der Waals surface area contributed by atoms with E-state index in [4.69, 9.17) is 21.1 Å². The summed E-state index contributed by atoms with van der Waals surface area (Å²) in [5.74, 6) is 1.02. The highest BCUT2D eigenvalue weighted by molar-refractivity contribution is 6.31. The first-order valence-electron chi connectivity index (χ1n) is 7.73. The molecule has 0 aliphatic carbocycles. The Labute approximate surface area is 156 Å². The van der Waals surface area contributed by atoms with Gasteiger partial charge in [-0.05, 0) is 17.7 Å². The van der Waals surface area contributed by atoms with Crippen LogP contribution in [0.2, 0.25) is 5.02 Å². The van der Waals surface area contributed by atoms with Gasteiger partial charge in [0.25, 0.3) is 5.69 Å². The molecule has 0 saturated carbocycles.